The highest BCUT2D eigenvalue weighted by atomic mass is 16.2. The molecule has 1 amide bonds. The molecule has 7 nitrogen and oxygen atoms in total. The van der Waals surface area contributed by atoms with E-state index in [9.17, 15) is 4.79 Å². The van der Waals surface area contributed by atoms with Gasteiger partial charge in [-0.25, -0.2) is 4.98 Å². The SMILES string of the molecule is Cn1nccc1C(=O)NC1CCN(c2ccc(C#N)nc2)CC1. The van der Waals surface area contributed by atoms with Crippen molar-refractivity contribution in [2.75, 3.05) is 18.0 Å². The Morgan fingerprint density at radius 2 is 2.13 bits per heavy atom. The zero-order chi connectivity index (χ0) is 16.2. The molecule has 0 atom stereocenters. The van der Waals surface area contributed by atoms with Crippen molar-refractivity contribution in [3.05, 3.63) is 42.0 Å². The first-order valence-electron chi connectivity index (χ1n) is 7.57. The summed E-state index contributed by atoms with van der Waals surface area (Å²) in [5, 5.41) is 15.9. The van der Waals surface area contributed by atoms with Gasteiger partial charge >= 0.3 is 0 Å². The van der Waals surface area contributed by atoms with Crippen LogP contribution in [0.25, 0.3) is 0 Å². The van der Waals surface area contributed by atoms with Gasteiger partial charge in [0, 0.05) is 32.4 Å². The maximum absolute atomic E-state index is 12.2. The number of nitrogens with zero attached hydrogens (tertiary/aromatic N) is 5. The smallest absolute Gasteiger partial charge is 0.269 e. The minimum Gasteiger partial charge on any atom is -0.370 e. The van der Waals surface area contributed by atoms with Gasteiger partial charge in [-0.2, -0.15) is 10.4 Å². The number of piperidine rings is 1. The number of amides is 1. The quantitative estimate of drug-likeness (QED) is 0.917. The minimum absolute atomic E-state index is 0.0801. The van der Waals surface area contributed by atoms with Gasteiger partial charge in [0.05, 0.1) is 11.9 Å². The summed E-state index contributed by atoms with van der Waals surface area (Å²) in [6.07, 6.45) is 5.11. The number of aromatic nitrogens is 3. The van der Waals surface area contributed by atoms with Gasteiger partial charge in [0.2, 0.25) is 0 Å². The Labute approximate surface area is 134 Å². The number of carbonyl (C=O) groups is 1. The Balaban J connectivity index is 1.55. The summed E-state index contributed by atoms with van der Waals surface area (Å²) in [4.78, 5) is 18.5. The van der Waals surface area contributed by atoms with Crippen LogP contribution in [0.15, 0.2) is 30.6 Å². The van der Waals surface area contributed by atoms with E-state index in [1.807, 2.05) is 12.1 Å². The number of pyridine rings is 1. The fraction of sp³-hybridized carbons (Fsp3) is 0.375. The molecule has 0 aliphatic carbocycles. The lowest BCUT2D eigenvalue weighted by molar-refractivity contribution is 0.0921. The van der Waals surface area contributed by atoms with E-state index in [4.69, 9.17) is 5.26 Å². The molecular weight excluding hydrogens is 292 g/mol. The molecular formula is C16H18N6O. The minimum atomic E-state index is -0.0801. The van der Waals surface area contributed by atoms with Crippen LogP contribution in [0.5, 0.6) is 0 Å². The highest BCUT2D eigenvalue weighted by Gasteiger charge is 2.22. The lowest BCUT2D eigenvalue weighted by atomic mass is 10.0. The van der Waals surface area contributed by atoms with Gasteiger partial charge < -0.3 is 10.2 Å². The van der Waals surface area contributed by atoms with Crippen LogP contribution >= 0.6 is 0 Å². The first-order chi connectivity index (χ1) is 11.2. The van der Waals surface area contributed by atoms with Crippen LogP contribution in [-0.2, 0) is 7.05 Å². The molecule has 1 aliphatic heterocycles. The number of nitriles is 1. The first-order valence-corrected chi connectivity index (χ1v) is 7.57. The molecule has 1 aliphatic rings. The van der Waals surface area contributed by atoms with Gasteiger partial charge in [-0.3, -0.25) is 9.48 Å². The molecule has 118 valence electrons. The van der Waals surface area contributed by atoms with Gasteiger partial charge in [0.25, 0.3) is 5.91 Å². The maximum Gasteiger partial charge on any atom is 0.269 e. The fourth-order valence-electron chi connectivity index (χ4n) is 2.78. The molecule has 0 unspecified atom stereocenters. The second-order valence-corrected chi connectivity index (χ2v) is 5.59. The normalized spacial score (nSPS) is 15.2. The van der Waals surface area contributed by atoms with E-state index < -0.39 is 0 Å². The second kappa shape index (κ2) is 6.48. The van der Waals surface area contributed by atoms with Crippen molar-refractivity contribution in [1.29, 1.82) is 5.26 Å². The zero-order valence-corrected chi connectivity index (χ0v) is 12.9. The van der Waals surface area contributed by atoms with Crippen LogP contribution in [0.1, 0.15) is 29.0 Å². The standard InChI is InChI=1S/C16H18N6O/c1-21-15(4-7-19-21)16(23)20-12-5-8-22(9-6-12)14-3-2-13(10-17)18-11-14/h2-4,7,11-12H,5-6,8-9H2,1H3,(H,20,23). The average molecular weight is 310 g/mol. The Bertz CT molecular complexity index is 722. The number of carbonyl (C=O) groups excluding carboxylic acids is 1. The van der Waals surface area contributed by atoms with E-state index in [2.05, 4.69) is 20.3 Å². The predicted octanol–water partition coefficient (Wildman–Crippen LogP) is 1.09. The van der Waals surface area contributed by atoms with Crippen molar-refractivity contribution in [3.63, 3.8) is 0 Å². The van der Waals surface area contributed by atoms with Crippen LogP contribution in [0, 0.1) is 11.3 Å². The first kappa shape index (κ1) is 15.0. The molecule has 1 saturated heterocycles. The summed E-state index contributed by atoms with van der Waals surface area (Å²) >= 11 is 0. The van der Waals surface area contributed by atoms with Crippen molar-refractivity contribution in [1.82, 2.24) is 20.1 Å². The van der Waals surface area contributed by atoms with Gasteiger partial charge in [-0.15, -0.1) is 0 Å². The number of hydrogen-bond acceptors (Lipinski definition) is 5. The molecule has 0 saturated carbocycles. The number of rotatable bonds is 3. The highest BCUT2D eigenvalue weighted by molar-refractivity contribution is 5.92. The largest absolute Gasteiger partial charge is 0.370 e. The highest BCUT2D eigenvalue weighted by Crippen LogP contribution is 2.19. The topological polar surface area (TPSA) is 86.8 Å². The molecule has 2 aromatic heterocycles. The van der Waals surface area contributed by atoms with Crippen LogP contribution in [0.2, 0.25) is 0 Å². The zero-order valence-electron chi connectivity index (χ0n) is 12.9. The Morgan fingerprint density at radius 3 is 2.70 bits per heavy atom. The van der Waals surface area contributed by atoms with Crippen molar-refractivity contribution < 1.29 is 4.79 Å². The Hall–Kier alpha value is -2.88. The third-order valence-corrected chi connectivity index (χ3v) is 4.11. The van der Waals surface area contributed by atoms with Gasteiger partial charge in [-0.1, -0.05) is 0 Å². The maximum atomic E-state index is 12.2. The Kier molecular flexibility index (Phi) is 4.24. The molecule has 3 heterocycles. The van der Waals surface area contributed by atoms with E-state index in [0.717, 1.165) is 31.6 Å². The molecule has 1 N–H and O–H groups in total. The van der Waals surface area contributed by atoms with E-state index in [0.29, 0.717) is 11.4 Å². The third-order valence-electron chi connectivity index (χ3n) is 4.11. The molecule has 2 aromatic rings. The van der Waals surface area contributed by atoms with Gasteiger partial charge in [0.1, 0.15) is 17.5 Å². The van der Waals surface area contributed by atoms with Crippen molar-refractivity contribution in [3.8, 4) is 6.07 Å². The molecule has 0 bridgehead atoms. The summed E-state index contributed by atoms with van der Waals surface area (Å²) < 4.78 is 1.58. The number of aryl methyl sites for hydroxylation is 1. The number of anilines is 1. The summed E-state index contributed by atoms with van der Waals surface area (Å²) in [5.74, 6) is -0.0801. The van der Waals surface area contributed by atoms with E-state index >= 15 is 0 Å². The van der Waals surface area contributed by atoms with Crippen LogP contribution in [0.3, 0.4) is 0 Å². The van der Waals surface area contributed by atoms with E-state index in [1.54, 1.807) is 36.3 Å². The fourth-order valence-corrected chi connectivity index (χ4v) is 2.78. The molecule has 1 fully saturated rings. The Morgan fingerprint density at radius 1 is 1.35 bits per heavy atom. The predicted molar refractivity (Wildman–Crippen MR) is 84.9 cm³/mol. The molecule has 0 aromatic carbocycles. The lowest BCUT2D eigenvalue weighted by Gasteiger charge is -2.33. The number of nitrogens with one attached hydrogen (secondary N) is 1. The molecule has 0 radical (unpaired) electrons. The van der Waals surface area contributed by atoms with Crippen LogP contribution < -0.4 is 10.2 Å². The average Bonchev–Trinajstić information content (AvgIpc) is 3.02. The molecule has 0 spiro atoms. The van der Waals surface area contributed by atoms with Crippen LogP contribution in [-0.4, -0.2) is 39.8 Å². The van der Waals surface area contributed by atoms with Crippen molar-refractivity contribution in [2.24, 2.45) is 7.05 Å². The molecule has 3 rings (SSSR count). The summed E-state index contributed by atoms with van der Waals surface area (Å²) in [7, 11) is 1.76. The second-order valence-electron chi connectivity index (χ2n) is 5.59. The molecule has 7 heteroatoms. The monoisotopic (exact) mass is 310 g/mol. The van der Waals surface area contributed by atoms with Gasteiger partial charge in [0.15, 0.2) is 0 Å². The molecule has 23 heavy (non-hydrogen) atoms. The van der Waals surface area contributed by atoms with Crippen molar-refractivity contribution >= 4 is 11.6 Å². The summed E-state index contributed by atoms with van der Waals surface area (Å²) in [6.45, 7) is 1.70. The third kappa shape index (κ3) is 3.31. The summed E-state index contributed by atoms with van der Waals surface area (Å²) in [5.41, 5.74) is 2.01. The van der Waals surface area contributed by atoms with Gasteiger partial charge in [-0.05, 0) is 31.0 Å². The summed E-state index contributed by atoms with van der Waals surface area (Å²) in [6, 6.07) is 7.55. The number of hydrogen-bond donors (Lipinski definition) is 1. The van der Waals surface area contributed by atoms with Crippen molar-refractivity contribution in [2.45, 2.75) is 18.9 Å². The van der Waals surface area contributed by atoms with E-state index in [-0.39, 0.29) is 11.9 Å². The lowest BCUT2D eigenvalue weighted by Crippen LogP contribution is -2.45. The van der Waals surface area contributed by atoms with Crippen LogP contribution in [0.4, 0.5) is 5.69 Å². The van der Waals surface area contributed by atoms with E-state index in [1.165, 1.54) is 0 Å².